The number of carbonyl (C=O) groups excluding carboxylic acids is 2. The number of methoxy groups -OCH3 is 2. The van der Waals surface area contributed by atoms with Gasteiger partial charge in [-0.1, -0.05) is 25.0 Å². The minimum absolute atomic E-state index is 0.0249. The molecular formula is C28H35NO6. The van der Waals surface area contributed by atoms with E-state index in [4.69, 9.17) is 18.9 Å². The van der Waals surface area contributed by atoms with E-state index in [2.05, 4.69) is 5.32 Å². The lowest BCUT2D eigenvalue weighted by molar-refractivity contribution is -0.161. The van der Waals surface area contributed by atoms with Crippen molar-refractivity contribution in [2.45, 2.75) is 65.0 Å². The summed E-state index contributed by atoms with van der Waals surface area (Å²) in [7, 11) is 3.12. The van der Waals surface area contributed by atoms with Gasteiger partial charge in [-0.25, -0.2) is 0 Å². The molecule has 1 fully saturated rings. The summed E-state index contributed by atoms with van der Waals surface area (Å²) in [6.07, 6.45) is 6.40. The molecule has 1 heterocycles. The fourth-order valence-corrected chi connectivity index (χ4v) is 4.74. The van der Waals surface area contributed by atoms with E-state index < -0.39 is 5.41 Å². The Balaban J connectivity index is 1.62. The van der Waals surface area contributed by atoms with Crippen LogP contribution < -0.4 is 19.5 Å². The summed E-state index contributed by atoms with van der Waals surface area (Å²) in [5.41, 5.74) is 2.32. The van der Waals surface area contributed by atoms with Crippen LogP contribution in [0.2, 0.25) is 0 Å². The van der Waals surface area contributed by atoms with Crippen LogP contribution in [-0.4, -0.2) is 38.8 Å². The third-order valence-corrected chi connectivity index (χ3v) is 6.84. The monoisotopic (exact) mass is 481 g/mol. The molecule has 0 unspecified atom stereocenters. The number of fused-ring (bicyclic) bond motifs is 1. The Morgan fingerprint density at radius 2 is 1.66 bits per heavy atom. The molecule has 7 heteroatoms. The summed E-state index contributed by atoms with van der Waals surface area (Å²) < 4.78 is 23.4. The first-order valence-electron chi connectivity index (χ1n) is 12.3. The Morgan fingerprint density at radius 1 is 0.943 bits per heavy atom. The van der Waals surface area contributed by atoms with E-state index in [1.54, 1.807) is 14.2 Å². The zero-order valence-corrected chi connectivity index (χ0v) is 21.1. The molecular weight excluding hydrogens is 446 g/mol. The van der Waals surface area contributed by atoms with Crippen molar-refractivity contribution in [3.63, 3.8) is 0 Å². The van der Waals surface area contributed by atoms with Crippen LogP contribution in [0, 0.1) is 5.41 Å². The fourth-order valence-electron chi connectivity index (χ4n) is 4.74. The Hall–Kier alpha value is -3.22. The molecule has 2 aliphatic rings. The Labute approximate surface area is 207 Å². The molecule has 0 saturated heterocycles. The van der Waals surface area contributed by atoms with Crippen molar-refractivity contribution < 1.29 is 28.5 Å². The lowest BCUT2D eigenvalue weighted by Gasteiger charge is -2.27. The SMILES string of the molecule is COc1ccc(-c2cccc3c2CNC3=O)c(OCC(C)(C)C(=O)OC2CCCCCC2)c1OC. The number of ether oxygens (including phenoxy) is 4. The van der Waals surface area contributed by atoms with Gasteiger partial charge in [-0.15, -0.1) is 0 Å². The molecule has 7 nitrogen and oxygen atoms in total. The maximum Gasteiger partial charge on any atom is 0.315 e. The maximum atomic E-state index is 13.1. The van der Waals surface area contributed by atoms with Crippen LogP contribution in [0.1, 0.15) is 68.3 Å². The van der Waals surface area contributed by atoms with E-state index in [1.165, 1.54) is 12.8 Å². The molecule has 35 heavy (non-hydrogen) atoms. The summed E-state index contributed by atoms with van der Waals surface area (Å²) in [6.45, 7) is 4.21. The molecule has 1 aliphatic carbocycles. The average molecular weight is 482 g/mol. The molecule has 1 N–H and O–H groups in total. The minimum atomic E-state index is -0.867. The lowest BCUT2D eigenvalue weighted by Crippen LogP contribution is -2.35. The van der Waals surface area contributed by atoms with Crippen LogP contribution in [0.25, 0.3) is 11.1 Å². The normalized spacial score (nSPS) is 16.2. The quantitative estimate of drug-likeness (QED) is 0.408. The second-order valence-electron chi connectivity index (χ2n) is 9.88. The van der Waals surface area contributed by atoms with Crippen LogP contribution in [0.5, 0.6) is 17.2 Å². The van der Waals surface area contributed by atoms with Gasteiger partial charge in [0.25, 0.3) is 5.91 Å². The van der Waals surface area contributed by atoms with Crippen molar-refractivity contribution >= 4 is 11.9 Å². The molecule has 188 valence electrons. The van der Waals surface area contributed by atoms with Gasteiger partial charge in [0.05, 0.1) is 19.6 Å². The summed E-state index contributed by atoms with van der Waals surface area (Å²) in [4.78, 5) is 25.3. The number of hydrogen-bond donors (Lipinski definition) is 1. The van der Waals surface area contributed by atoms with Gasteiger partial charge in [-0.3, -0.25) is 9.59 Å². The first kappa shape index (κ1) is 24.9. The van der Waals surface area contributed by atoms with E-state index in [9.17, 15) is 9.59 Å². The molecule has 2 aromatic carbocycles. The van der Waals surface area contributed by atoms with Gasteiger partial charge >= 0.3 is 5.97 Å². The maximum absolute atomic E-state index is 13.1. The molecule has 0 spiro atoms. The number of hydrogen-bond acceptors (Lipinski definition) is 6. The van der Waals surface area contributed by atoms with Gasteiger partial charge in [0, 0.05) is 17.7 Å². The van der Waals surface area contributed by atoms with Gasteiger partial charge in [-0.2, -0.15) is 0 Å². The van der Waals surface area contributed by atoms with Crippen molar-refractivity contribution in [1.82, 2.24) is 5.32 Å². The molecule has 0 atom stereocenters. The standard InChI is InChI=1S/C28H35NO6/c1-28(2,27(31)35-18-10-7-5-6-8-11-18)17-34-24-20(14-15-23(32-3)25(24)33-4)19-12-9-13-21-22(19)16-29-26(21)30/h9,12-15,18H,5-8,10-11,16-17H2,1-4H3,(H,29,30). The van der Waals surface area contributed by atoms with Gasteiger partial charge < -0.3 is 24.3 Å². The highest BCUT2D eigenvalue weighted by Crippen LogP contribution is 2.46. The Bertz CT molecular complexity index is 1090. The molecule has 0 radical (unpaired) electrons. The van der Waals surface area contributed by atoms with Crippen LogP contribution in [0.15, 0.2) is 30.3 Å². The van der Waals surface area contributed by atoms with E-state index in [-0.39, 0.29) is 24.6 Å². The van der Waals surface area contributed by atoms with Crippen molar-refractivity contribution in [1.29, 1.82) is 0 Å². The number of nitrogens with one attached hydrogen (secondary N) is 1. The summed E-state index contributed by atoms with van der Waals surface area (Å²) >= 11 is 0. The minimum Gasteiger partial charge on any atom is -0.493 e. The van der Waals surface area contributed by atoms with Crippen LogP contribution in [-0.2, 0) is 16.1 Å². The second kappa shape index (κ2) is 10.6. The molecule has 1 aliphatic heterocycles. The fraction of sp³-hybridized carbons (Fsp3) is 0.500. The second-order valence-corrected chi connectivity index (χ2v) is 9.88. The third kappa shape index (κ3) is 5.24. The molecule has 2 aromatic rings. The Morgan fingerprint density at radius 3 is 2.34 bits per heavy atom. The molecule has 1 saturated carbocycles. The topological polar surface area (TPSA) is 83.1 Å². The highest BCUT2D eigenvalue weighted by atomic mass is 16.6. The van der Waals surface area contributed by atoms with Crippen LogP contribution in [0.4, 0.5) is 0 Å². The number of amides is 1. The van der Waals surface area contributed by atoms with E-state index >= 15 is 0 Å². The Kier molecular flexibility index (Phi) is 7.53. The molecule has 1 amide bonds. The third-order valence-electron chi connectivity index (χ3n) is 6.84. The molecule has 0 aromatic heterocycles. The predicted molar refractivity (Wildman–Crippen MR) is 133 cm³/mol. The van der Waals surface area contributed by atoms with E-state index in [0.29, 0.717) is 29.4 Å². The smallest absolute Gasteiger partial charge is 0.315 e. The van der Waals surface area contributed by atoms with Gasteiger partial charge in [0.15, 0.2) is 11.5 Å². The van der Waals surface area contributed by atoms with Gasteiger partial charge in [-0.05, 0) is 68.9 Å². The number of esters is 1. The van der Waals surface area contributed by atoms with Crippen molar-refractivity contribution in [3.05, 3.63) is 41.5 Å². The largest absolute Gasteiger partial charge is 0.493 e. The number of rotatable bonds is 8. The first-order chi connectivity index (χ1) is 16.9. The lowest BCUT2D eigenvalue weighted by atomic mass is 9.94. The number of carbonyl (C=O) groups is 2. The van der Waals surface area contributed by atoms with Gasteiger partial charge in [0.2, 0.25) is 5.75 Å². The summed E-state index contributed by atoms with van der Waals surface area (Å²) in [6, 6.07) is 9.34. The highest BCUT2D eigenvalue weighted by molar-refractivity contribution is 6.01. The van der Waals surface area contributed by atoms with Crippen molar-refractivity contribution in [2.75, 3.05) is 20.8 Å². The zero-order chi connectivity index (χ0) is 25.0. The summed E-state index contributed by atoms with van der Waals surface area (Å²) in [5, 5.41) is 2.88. The van der Waals surface area contributed by atoms with Gasteiger partial charge in [0.1, 0.15) is 12.7 Å². The van der Waals surface area contributed by atoms with Crippen LogP contribution in [0.3, 0.4) is 0 Å². The average Bonchev–Trinajstić information content (AvgIpc) is 3.06. The predicted octanol–water partition coefficient (Wildman–Crippen LogP) is 5.29. The van der Waals surface area contributed by atoms with Crippen molar-refractivity contribution in [3.8, 4) is 28.4 Å². The van der Waals surface area contributed by atoms with Crippen LogP contribution >= 0.6 is 0 Å². The number of benzene rings is 2. The van der Waals surface area contributed by atoms with E-state index in [1.807, 2.05) is 44.2 Å². The first-order valence-corrected chi connectivity index (χ1v) is 12.3. The summed E-state index contributed by atoms with van der Waals surface area (Å²) in [5.74, 6) is 1.07. The molecule has 4 rings (SSSR count). The molecule has 0 bridgehead atoms. The zero-order valence-electron chi connectivity index (χ0n) is 21.1. The highest BCUT2D eigenvalue weighted by Gasteiger charge is 2.34. The van der Waals surface area contributed by atoms with Crippen molar-refractivity contribution in [2.24, 2.45) is 5.41 Å². The van der Waals surface area contributed by atoms with E-state index in [0.717, 1.165) is 42.4 Å².